The minimum atomic E-state index is -3.19. The normalized spacial score (nSPS) is 20.4. The zero-order chi connectivity index (χ0) is 22.8. The van der Waals surface area contributed by atoms with Crippen LogP contribution >= 0.6 is 0 Å². The molecule has 5 nitrogen and oxygen atoms in total. The Bertz CT molecular complexity index is 1160. The lowest BCUT2D eigenvalue weighted by Gasteiger charge is -2.35. The monoisotopic (exact) mass is 443 g/mol. The molecule has 3 aliphatic rings. The van der Waals surface area contributed by atoms with E-state index in [2.05, 4.69) is 0 Å². The fourth-order valence-electron chi connectivity index (χ4n) is 4.89. The summed E-state index contributed by atoms with van der Waals surface area (Å²) in [7, 11) is 0. The number of fused-ring (bicyclic) bond motifs is 5. The van der Waals surface area contributed by atoms with Crippen molar-refractivity contribution >= 4 is 5.78 Å². The molecule has 2 aliphatic heterocycles. The molecule has 32 heavy (non-hydrogen) atoms. The molecule has 1 aliphatic carbocycles. The predicted molar refractivity (Wildman–Crippen MR) is 116 cm³/mol. The predicted octanol–water partition coefficient (Wildman–Crippen LogP) is 5.13. The Hall–Kier alpha value is -2.70. The zero-order valence-electron chi connectivity index (χ0n) is 18.5. The van der Waals surface area contributed by atoms with E-state index in [1.807, 2.05) is 24.5 Å². The van der Waals surface area contributed by atoms with Crippen LogP contribution in [0.25, 0.3) is 11.3 Å². The molecule has 3 heterocycles. The summed E-state index contributed by atoms with van der Waals surface area (Å²) in [6.45, 7) is 5.15. The van der Waals surface area contributed by atoms with Crippen LogP contribution in [0.15, 0.2) is 23.1 Å². The van der Waals surface area contributed by atoms with E-state index in [0.29, 0.717) is 36.0 Å². The van der Waals surface area contributed by atoms with Crippen LogP contribution in [-0.4, -0.2) is 23.6 Å². The van der Waals surface area contributed by atoms with Crippen molar-refractivity contribution in [3.05, 3.63) is 45.2 Å². The third-order valence-corrected chi connectivity index (χ3v) is 6.84. The minimum absolute atomic E-state index is 0.0715. The maximum absolute atomic E-state index is 15.1. The molecule has 1 aromatic heterocycles. The van der Waals surface area contributed by atoms with Gasteiger partial charge < -0.3 is 14.0 Å². The molecule has 170 valence electrons. The van der Waals surface area contributed by atoms with Crippen molar-refractivity contribution in [2.75, 3.05) is 13.2 Å². The molecule has 1 aromatic carbocycles. The number of ketones is 1. The molecule has 0 spiro atoms. The second-order valence-electron chi connectivity index (χ2n) is 9.60. The first-order valence-electron chi connectivity index (χ1n) is 11.3. The Morgan fingerprint density at radius 2 is 2.06 bits per heavy atom. The van der Waals surface area contributed by atoms with Crippen LogP contribution in [0.4, 0.5) is 8.78 Å². The van der Waals surface area contributed by atoms with Crippen molar-refractivity contribution in [2.45, 2.75) is 58.4 Å². The lowest BCUT2D eigenvalue weighted by molar-refractivity contribution is -0.0212. The molecule has 0 bridgehead atoms. The van der Waals surface area contributed by atoms with Gasteiger partial charge in [0, 0.05) is 23.9 Å². The van der Waals surface area contributed by atoms with Crippen molar-refractivity contribution in [3.8, 4) is 22.8 Å². The molecule has 0 radical (unpaired) electrons. The highest BCUT2D eigenvalue weighted by atomic mass is 19.3. The van der Waals surface area contributed by atoms with E-state index >= 15 is 8.78 Å². The number of aromatic nitrogens is 1. The molecular formula is C25H27F2NO4. The van der Waals surface area contributed by atoms with Crippen LogP contribution in [0.3, 0.4) is 0 Å². The maximum Gasteiger partial charge on any atom is 0.310 e. The van der Waals surface area contributed by atoms with Crippen LogP contribution in [0, 0.1) is 11.8 Å². The second-order valence-corrected chi connectivity index (χ2v) is 9.60. The Labute approximate surface area is 185 Å². The fourth-order valence-corrected chi connectivity index (χ4v) is 4.89. The van der Waals surface area contributed by atoms with E-state index in [0.717, 1.165) is 12.0 Å². The van der Waals surface area contributed by atoms with E-state index in [-0.39, 0.29) is 34.6 Å². The topological polar surface area (TPSA) is 57.5 Å². The van der Waals surface area contributed by atoms with E-state index in [1.165, 1.54) is 32.0 Å². The first kappa shape index (κ1) is 21.2. The van der Waals surface area contributed by atoms with Crippen LogP contribution in [0.1, 0.15) is 67.6 Å². The number of rotatable bonds is 6. The summed E-state index contributed by atoms with van der Waals surface area (Å²) < 4.78 is 43.4. The first-order valence-corrected chi connectivity index (χ1v) is 11.3. The number of carbonyl (C=O) groups is 1. The third-order valence-electron chi connectivity index (χ3n) is 6.84. The van der Waals surface area contributed by atoms with Crippen molar-refractivity contribution in [3.63, 3.8) is 0 Å². The van der Waals surface area contributed by atoms with Gasteiger partial charge in [0.15, 0.2) is 29.3 Å². The zero-order valence-corrected chi connectivity index (χ0v) is 18.5. The van der Waals surface area contributed by atoms with Gasteiger partial charge in [-0.05, 0) is 43.2 Å². The number of alkyl halides is 2. The van der Waals surface area contributed by atoms with Crippen LogP contribution in [0.5, 0.6) is 11.5 Å². The molecule has 0 amide bonds. The molecular weight excluding hydrogens is 416 g/mol. The van der Waals surface area contributed by atoms with Crippen molar-refractivity contribution in [2.24, 2.45) is 11.8 Å². The van der Waals surface area contributed by atoms with Crippen molar-refractivity contribution < 1.29 is 23.0 Å². The number of hydrogen-bond acceptors (Lipinski definition) is 4. The molecule has 0 N–H and O–H groups in total. The Morgan fingerprint density at radius 3 is 2.72 bits per heavy atom. The first-order chi connectivity index (χ1) is 15.2. The molecule has 1 saturated carbocycles. The SMILES string of the molecule is CC(=O)c1cn2c(cc1=O)-c1c(cc(OCCC3CC3)c3c1C(F)(F)CO3)CC2C(C)C. The van der Waals surface area contributed by atoms with Crippen LogP contribution in [0.2, 0.25) is 0 Å². The third kappa shape index (κ3) is 3.42. The van der Waals surface area contributed by atoms with E-state index in [4.69, 9.17) is 9.47 Å². The van der Waals surface area contributed by atoms with E-state index < -0.39 is 18.0 Å². The van der Waals surface area contributed by atoms with Crippen LogP contribution < -0.4 is 14.9 Å². The summed E-state index contributed by atoms with van der Waals surface area (Å²) in [5.41, 5.74) is 0.876. The van der Waals surface area contributed by atoms with Gasteiger partial charge in [0.1, 0.15) is 0 Å². The molecule has 1 unspecified atom stereocenters. The number of halogens is 2. The molecule has 1 fully saturated rings. The Kier molecular flexibility index (Phi) is 4.91. The molecule has 0 saturated heterocycles. The lowest BCUT2D eigenvalue weighted by atomic mass is 9.83. The summed E-state index contributed by atoms with van der Waals surface area (Å²) >= 11 is 0. The van der Waals surface area contributed by atoms with Gasteiger partial charge >= 0.3 is 5.92 Å². The number of pyridine rings is 1. The second kappa shape index (κ2) is 7.42. The number of carbonyl (C=O) groups excluding carboxylic acids is 1. The Balaban J connectivity index is 1.71. The maximum atomic E-state index is 15.1. The average Bonchev–Trinajstić information content (AvgIpc) is 3.49. The highest BCUT2D eigenvalue weighted by molar-refractivity contribution is 5.94. The Morgan fingerprint density at radius 1 is 1.31 bits per heavy atom. The van der Waals surface area contributed by atoms with E-state index in [9.17, 15) is 9.59 Å². The number of nitrogens with zero attached hydrogens (tertiary/aromatic N) is 1. The molecule has 1 atom stereocenters. The summed E-state index contributed by atoms with van der Waals surface area (Å²) in [5, 5.41) is 0. The van der Waals surface area contributed by atoms with Gasteiger partial charge in [0.25, 0.3) is 0 Å². The van der Waals surface area contributed by atoms with Crippen molar-refractivity contribution in [1.29, 1.82) is 0 Å². The average molecular weight is 443 g/mol. The summed E-state index contributed by atoms with van der Waals surface area (Å²) in [5.74, 6) is -2.27. The van der Waals surface area contributed by atoms with Gasteiger partial charge in [-0.3, -0.25) is 9.59 Å². The van der Waals surface area contributed by atoms with Gasteiger partial charge in [0.05, 0.1) is 23.4 Å². The largest absolute Gasteiger partial charge is 0.490 e. The summed E-state index contributed by atoms with van der Waals surface area (Å²) in [6, 6.07) is 3.06. The number of benzene rings is 1. The smallest absolute Gasteiger partial charge is 0.310 e. The van der Waals surface area contributed by atoms with Gasteiger partial charge in [0.2, 0.25) is 0 Å². The summed E-state index contributed by atoms with van der Waals surface area (Å²) in [4.78, 5) is 24.7. The number of ether oxygens (including phenoxy) is 2. The van der Waals surface area contributed by atoms with Gasteiger partial charge in [-0.25, -0.2) is 0 Å². The number of hydrogen-bond donors (Lipinski definition) is 0. The van der Waals surface area contributed by atoms with Crippen molar-refractivity contribution in [1.82, 2.24) is 4.57 Å². The van der Waals surface area contributed by atoms with Gasteiger partial charge in [-0.1, -0.05) is 26.7 Å². The van der Waals surface area contributed by atoms with Gasteiger partial charge in [-0.15, -0.1) is 0 Å². The summed E-state index contributed by atoms with van der Waals surface area (Å²) in [6.07, 6.45) is 5.34. The number of Topliss-reactive ketones (excluding diaryl/α,β-unsaturated/α-hetero) is 1. The van der Waals surface area contributed by atoms with Crippen LogP contribution in [-0.2, 0) is 12.3 Å². The molecule has 2 aromatic rings. The van der Waals surface area contributed by atoms with Gasteiger partial charge in [-0.2, -0.15) is 8.78 Å². The molecule has 7 heteroatoms. The molecule has 5 rings (SSSR count). The highest BCUT2D eigenvalue weighted by Crippen LogP contribution is 2.54. The standard InChI is InChI=1S/C25H27F2NO4/c1-13(2)18-8-16-9-21(31-7-6-15-4-5-15)24-23(25(26,27)12-32-24)22(16)19-10-20(30)17(14(3)29)11-28(18)19/h9-11,13,15,18H,4-8,12H2,1-3H3. The minimum Gasteiger partial charge on any atom is -0.490 e. The highest BCUT2D eigenvalue weighted by Gasteiger charge is 2.48. The van der Waals surface area contributed by atoms with E-state index in [1.54, 1.807) is 0 Å². The fraction of sp³-hybridized carbons (Fsp3) is 0.520. The quantitative estimate of drug-likeness (QED) is 0.581. The lowest BCUT2D eigenvalue weighted by Crippen LogP contribution is -2.29.